The number of amides is 1. The van der Waals surface area contributed by atoms with Gasteiger partial charge in [0.15, 0.2) is 0 Å². The molecule has 1 amide bonds. The molecule has 0 aliphatic rings. The molecule has 0 unspecified atom stereocenters. The molecule has 7 nitrogen and oxygen atoms in total. The van der Waals surface area contributed by atoms with Gasteiger partial charge < -0.3 is 13.9 Å². The number of hydrazone groups is 1. The maximum atomic E-state index is 12.1. The van der Waals surface area contributed by atoms with Gasteiger partial charge in [-0.15, -0.1) is 0 Å². The van der Waals surface area contributed by atoms with E-state index in [4.69, 9.17) is 25.5 Å². The molecule has 0 atom stereocenters. The second-order valence-electron chi connectivity index (χ2n) is 5.48. The van der Waals surface area contributed by atoms with Gasteiger partial charge in [0.1, 0.15) is 11.5 Å². The van der Waals surface area contributed by atoms with Crippen LogP contribution in [-0.4, -0.2) is 25.2 Å². The van der Waals surface area contributed by atoms with E-state index in [1.165, 1.54) is 24.6 Å². The van der Waals surface area contributed by atoms with E-state index in [1.54, 1.807) is 49.6 Å². The van der Waals surface area contributed by atoms with Crippen molar-refractivity contribution in [3.63, 3.8) is 0 Å². The highest BCUT2D eigenvalue weighted by molar-refractivity contribution is 6.31. The van der Waals surface area contributed by atoms with E-state index in [0.717, 1.165) is 0 Å². The summed E-state index contributed by atoms with van der Waals surface area (Å²) in [5.74, 6) is -0.153. The van der Waals surface area contributed by atoms with E-state index in [9.17, 15) is 9.59 Å². The molecular formula is C20H15ClN2O5. The summed E-state index contributed by atoms with van der Waals surface area (Å²) in [6, 6.07) is 14.3. The number of rotatable bonds is 6. The number of halogens is 1. The molecular weight excluding hydrogens is 384 g/mol. The second kappa shape index (κ2) is 8.88. The summed E-state index contributed by atoms with van der Waals surface area (Å²) in [5.41, 5.74) is 3.22. The minimum atomic E-state index is -0.663. The van der Waals surface area contributed by atoms with E-state index in [2.05, 4.69) is 10.5 Å². The largest absolute Gasteiger partial charge is 0.497 e. The van der Waals surface area contributed by atoms with Gasteiger partial charge in [0.25, 0.3) is 5.91 Å². The molecule has 2 aromatic carbocycles. The molecule has 8 heteroatoms. The van der Waals surface area contributed by atoms with Crippen LogP contribution in [0.1, 0.15) is 26.5 Å². The van der Waals surface area contributed by atoms with Gasteiger partial charge in [0, 0.05) is 16.1 Å². The highest BCUT2D eigenvalue weighted by atomic mass is 35.5. The number of carbonyl (C=O) groups excluding carboxylic acids is 2. The first-order valence-electron chi connectivity index (χ1n) is 8.09. The van der Waals surface area contributed by atoms with Gasteiger partial charge in [-0.1, -0.05) is 11.6 Å². The highest BCUT2D eigenvalue weighted by Crippen LogP contribution is 2.22. The van der Waals surface area contributed by atoms with Gasteiger partial charge in [-0.05, 0) is 54.6 Å². The highest BCUT2D eigenvalue weighted by Gasteiger charge is 2.14. The summed E-state index contributed by atoms with van der Waals surface area (Å²) >= 11 is 6.00. The Morgan fingerprint density at radius 2 is 1.93 bits per heavy atom. The topological polar surface area (TPSA) is 90.1 Å². The van der Waals surface area contributed by atoms with Gasteiger partial charge >= 0.3 is 5.97 Å². The van der Waals surface area contributed by atoms with Crippen LogP contribution in [0.3, 0.4) is 0 Å². The molecule has 0 aliphatic heterocycles. The Kier molecular flexibility index (Phi) is 6.08. The zero-order valence-corrected chi connectivity index (χ0v) is 15.5. The lowest BCUT2D eigenvalue weighted by Gasteiger charge is -2.07. The van der Waals surface area contributed by atoms with E-state index < -0.39 is 11.9 Å². The molecule has 0 saturated carbocycles. The third kappa shape index (κ3) is 4.77. The van der Waals surface area contributed by atoms with Crippen LogP contribution in [0.5, 0.6) is 11.5 Å². The summed E-state index contributed by atoms with van der Waals surface area (Å²) in [5, 5.41) is 4.32. The Morgan fingerprint density at radius 3 is 2.61 bits per heavy atom. The van der Waals surface area contributed by atoms with Gasteiger partial charge in [0.2, 0.25) is 5.76 Å². The van der Waals surface area contributed by atoms with Crippen molar-refractivity contribution >= 4 is 29.7 Å². The van der Waals surface area contributed by atoms with Gasteiger partial charge in [-0.2, -0.15) is 5.10 Å². The van der Waals surface area contributed by atoms with Crippen LogP contribution < -0.4 is 14.9 Å². The zero-order chi connectivity index (χ0) is 19.9. The summed E-state index contributed by atoms with van der Waals surface area (Å²) in [6.45, 7) is 0. The Bertz CT molecular complexity index is 998. The number of methoxy groups -OCH3 is 1. The minimum Gasteiger partial charge on any atom is -0.497 e. The molecule has 0 aliphatic carbocycles. The van der Waals surface area contributed by atoms with Crippen LogP contribution in [0.25, 0.3) is 0 Å². The van der Waals surface area contributed by atoms with Crippen molar-refractivity contribution in [1.29, 1.82) is 0 Å². The fraction of sp³-hybridized carbons (Fsp3) is 0.0500. The van der Waals surface area contributed by atoms with Crippen molar-refractivity contribution in [3.05, 3.63) is 82.8 Å². The monoisotopic (exact) mass is 398 g/mol. The normalized spacial score (nSPS) is 10.6. The van der Waals surface area contributed by atoms with Crippen molar-refractivity contribution in [3.8, 4) is 11.5 Å². The molecule has 0 fully saturated rings. The first kappa shape index (κ1) is 19.2. The number of benzene rings is 2. The third-order valence-electron chi connectivity index (χ3n) is 3.62. The average molecular weight is 399 g/mol. The van der Waals surface area contributed by atoms with E-state index >= 15 is 0 Å². The SMILES string of the molecule is COc1ccc(C(=O)N/N=C/c2cc(Cl)ccc2OC(=O)c2ccco2)cc1. The van der Waals surface area contributed by atoms with Crippen molar-refractivity contribution < 1.29 is 23.5 Å². The van der Waals surface area contributed by atoms with Crippen molar-refractivity contribution in [1.82, 2.24) is 5.43 Å². The fourth-order valence-electron chi connectivity index (χ4n) is 2.23. The number of nitrogens with one attached hydrogen (secondary N) is 1. The molecule has 0 spiro atoms. The lowest BCUT2D eigenvalue weighted by Crippen LogP contribution is -2.17. The predicted molar refractivity (Wildman–Crippen MR) is 103 cm³/mol. The number of nitrogens with zero attached hydrogens (tertiary/aromatic N) is 1. The van der Waals surface area contributed by atoms with Crippen LogP contribution >= 0.6 is 11.6 Å². The quantitative estimate of drug-likeness (QED) is 0.294. The molecule has 0 bridgehead atoms. The zero-order valence-electron chi connectivity index (χ0n) is 14.7. The number of esters is 1. The maximum Gasteiger partial charge on any atom is 0.379 e. The lowest BCUT2D eigenvalue weighted by atomic mass is 10.2. The van der Waals surface area contributed by atoms with E-state index in [-0.39, 0.29) is 11.5 Å². The van der Waals surface area contributed by atoms with Gasteiger partial charge in [0.05, 0.1) is 19.6 Å². The van der Waals surface area contributed by atoms with Crippen LogP contribution in [0.15, 0.2) is 70.4 Å². The maximum absolute atomic E-state index is 12.1. The van der Waals surface area contributed by atoms with Crippen molar-refractivity contribution in [2.24, 2.45) is 5.10 Å². The summed E-state index contributed by atoms with van der Waals surface area (Å²) < 4.78 is 15.4. The summed E-state index contributed by atoms with van der Waals surface area (Å²) in [7, 11) is 1.54. The van der Waals surface area contributed by atoms with Gasteiger partial charge in [-0.25, -0.2) is 10.2 Å². The Morgan fingerprint density at radius 1 is 1.14 bits per heavy atom. The summed E-state index contributed by atoms with van der Waals surface area (Å²) in [6.07, 6.45) is 2.70. The molecule has 0 radical (unpaired) electrons. The lowest BCUT2D eigenvalue weighted by molar-refractivity contribution is 0.0701. The predicted octanol–water partition coefficient (Wildman–Crippen LogP) is 3.92. The smallest absolute Gasteiger partial charge is 0.379 e. The molecule has 0 saturated heterocycles. The molecule has 3 aromatic rings. The Hall–Kier alpha value is -3.58. The molecule has 28 heavy (non-hydrogen) atoms. The molecule has 3 rings (SSSR count). The minimum absolute atomic E-state index is 0.0608. The molecule has 1 heterocycles. The first-order valence-corrected chi connectivity index (χ1v) is 8.47. The standard InChI is InChI=1S/C20H15ClN2O5/c1-26-16-7-4-13(5-8-16)19(24)23-22-12-14-11-15(21)6-9-17(14)28-20(25)18-3-2-10-27-18/h2-12H,1H3,(H,23,24)/b22-12+. The second-order valence-corrected chi connectivity index (χ2v) is 5.91. The van der Waals surface area contributed by atoms with Crippen molar-refractivity contribution in [2.75, 3.05) is 7.11 Å². The third-order valence-corrected chi connectivity index (χ3v) is 3.85. The van der Waals surface area contributed by atoms with Crippen molar-refractivity contribution in [2.45, 2.75) is 0 Å². The van der Waals surface area contributed by atoms with Crippen LogP contribution in [0.2, 0.25) is 5.02 Å². The fourth-order valence-corrected chi connectivity index (χ4v) is 2.41. The summed E-state index contributed by atoms with van der Waals surface area (Å²) in [4.78, 5) is 24.2. The number of ether oxygens (including phenoxy) is 2. The molecule has 1 aromatic heterocycles. The number of hydrogen-bond acceptors (Lipinski definition) is 6. The molecule has 1 N–H and O–H groups in total. The Labute approximate surface area is 165 Å². The number of hydrogen-bond donors (Lipinski definition) is 1. The first-order chi connectivity index (χ1) is 13.6. The van der Waals surface area contributed by atoms with Crippen LogP contribution in [0.4, 0.5) is 0 Å². The Balaban J connectivity index is 1.71. The van der Waals surface area contributed by atoms with E-state index in [0.29, 0.717) is 21.9 Å². The van der Waals surface area contributed by atoms with E-state index in [1.807, 2.05) is 0 Å². The number of furan rings is 1. The number of carbonyl (C=O) groups is 2. The van der Waals surface area contributed by atoms with Crippen LogP contribution in [-0.2, 0) is 0 Å². The average Bonchev–Trinajstić information content (AvgIpc) is 3.25. The van der Waals surface area contributed by atoms with Gasteiger partial charge in [-0.3, -0.25) is 4.79 Å². The molecule has 142 valence electrons. The van der Waals surface area contributed by atoms with Crippen LogP contribution in [0, 0.1) is 0 Å².